The number of rotatable bonds is 6. The average Bonchev–Trinajstić information content (AvgIpc) is 3.08. The Morgan fingerprint density at radius 2 is 2.26 bits per heavy atom. The minimum Gasteiger partial charge on any atom is -0.392 e. The van der Waals surface area contributed by atoms with Crippen molar-refractivity contribution < 1.29 is 14.6 Å². The summed E-state index contributed by atoms with van der Waals surface area (Å²) >= 11 is 1.76. The van der Waals surface area contributed by atoms with E-state index in [0.717, 1.165) is 45.2 Å². The third-order valence-corrected chi connectivity index (χ3v) is 6.49. The molecular weight excluding hydrogens is 310 g/mol. The van der Waals surface area contributed by atoms with Crippen molar-refractivity contribution in [3.63, 3.8) is 0 Å². The monoisotopic (exact) mass is 337 g/mol. The summed E-state index contributed by atoms with van der Waals surface area (Å²) in [5.41, 5.74) is -0.0935. The van der Waals surface area contributed by atoms with Crippen LogP contribution >= 0.6 is 11.3 Å². The van der Waals surface area contributed by atoms with Gasteiger partial charge in [-0.15, -0.1) is 11.3 Å². The first-order valence-corrected chi connectivity index (χ1v) is 9.63. The van der Waals surface area contributed by atoms with Crippen molar-refractivity contribution in [3.8, 4) is 0 Å². The number of aliphatic hydroxyl groups excluding tert-OH is 1. The highest BCUT2D eigenvalue weighted by Crippen LogP contribution is 2.50. The molecule has 2 aliphatic rings. The summed E-state index contributed by atoms with van der Waals surface area (Å²) in [4.78, 5) is 15.7. The van der Waals surface area contributed by atoms with Crippen LogP contribution in [0.15, 0.2) is 17.5 Å². The molecule has 1 aromatic heterocycles. The van der Waals surface area contributed by atoms with Crippen molar-refractivity contribution in [3.05, 3.63) is 22.4 Å². The summed E-state index contributed by atoms with van der Waals surface area (Å²) in [6.45, 7) is 4.23. The maximum Gasteiger partial charge on any atom is 0.222 e. The Balaban J connectivity index is 1.44. The van der Waals surface area contributed by atoms with E-state index in [-0.39, 0.29) is 23.5 Å². The number of aliphatic hydroxyl groups is 1. The molecule has 1 aliphatic heterocycles. The second-order valence-corrected chi connectivity index (χ2v) is 7.77. The van der Waals surface area contributed by atoms with E-state index < -0.39 is 0 Å². The minimum absolute atomic E-state index is 0.0935. The highest BCUT2D eigenvalue weighted by molar-refractivity contribution is 7.09. The lowest BCUT2D eigenvalue weighted by Gasteiger charge is -2.56. The Bertz CT molecular complexity index is 506. The van der Waals surface area contributed by atoms with Gasteiger partial charge in [0.25, 0.3) is 0 Å². The van der Waals surface area contributed by atoms with Gasteiger partial charge in [-0.2, -0.15) is 0 Å². The zero-order valence-corrected chi connectivity index (χ0v) is 14.7. The van der Waals surface area contributed by atoms with Gasteiger partial charge < -0.3 is 14.7 Å². The average molecular weight is 337 g/mol. The molecule has 2 unspecified atom stereocenters. The SMILES string of the molecule is CCOC1CC(O)C12CCN(C(=O)CCCc1cccs1)CC2. The highest BCUT2D eigenvalue weighted by atomic mass is 32.1. The molecule has 3 rings (SSSR count). The van der Waals surface area contributed by atoms with E-state index in [4.69, 9.17) is 4.74 Å². The van der Waals surface area contributed by atoms with Crippen molar-refractivity contribution >= 4 is 17.2 Å². The smallest absolute Gasteiger partial charge is 0.222 e. The lowest BCUT2D eigenvalue weighted by atomic mass is 9.58. The Morgan fingerprint density at radius 1 is 1.48 bits per heavy atom. The summed E-state index contributed by atoms with van der Waals surface area (Å²) < 4.78 is 5.78. The molecule has 2 atom stereocenters. The van der Waals surface area contributed by atoms with Crippen molar-refractivity contribution in [1.29, 1.82) is 0 Å². The number of hydrogen-bond acceptors (Lipinski definition) is 4. The number of aryl methyl sites for hydroxylation is 1. The molecule has 1 saturated heterocycles. The van der Waals surface area contributed by atoms with Crippen molar-refractivity contribution in [2.75, 3.05) is 19.7 Å². The topological polar surface area (TPSA) is 49.8 Å². The molecule has 2 fully saturated rings. The Labute approximate surface area is 142 Å². The van der Waals surface area contributed by atoms with Crippen LogP contribution in [0.4, 0.5) is 0 Å². The molecule has 5 heteroatoms. The number of hydrogen-bond donors (Lipinski definition) is 1. The summed E-state index contributed by atoms with van der Waals surface area (Å²) in [5.74, 6) is 0.262. The van der Waals surface area contributed by atoms with E-state index in [0.29, 0.717) is 13.0 Å². The summed E-state index contributed by atoms with van der Waals surface area (Å²) in [5, 5.41) is 12.3. The lowest BCUT2D eigenvalue weighted by Crippen LogP contribution is -2.62. The zero-order chi connectivity index (χ0) is 16.3. The van der Waals surface area contributed by atoms with Gasteiger partial charge in [0.2, 0.25) is 5.91 Å². The number of amides is 1. The van der Waals surface area contributed by atoms with Crippen LogP contribution in [0.25, 0.3) is 0 Å². The number of thiophene rings is 1. The molecule has 1 aliphatic carbocycles. The molecule has 0 radical (unpaired) electrons. The number of piperidine rings is 1. The predicted octanol–water partition coefficient (Wildman–Crippen LogP) is 2.85. The first-order valence-electron chi connectivity index (χ1n) is 8.75. The van der Waals surface area contributed by atoms with Crippen molar-refractivity contribution in [1.82, 2.24) is 4.90 Å². The van der Waals surface area contributed by atoms with E-state index in [1.165, 1.54) is 4.88 Å². The molecule has 128 valence electrons. The van der Waals surface area contributed by atoms with Gasteiger partial charge in [0.05, 0.1) is 12.2 Å². The molecule has 1 amide bonds. The quantitative estimate of drug-likeness (QED) is 0.868. The molecule has 0 bridgehead atoms. The van der Waals surface area contributed by atoms with Gasteiger partial charge >= 0.3 is 0 Å². The lowest BCUT2D eigenvalue weighted by molar-refractivity contribution is -0.210. The van der Waals surface area contributed by atoms with E-state index in [9.17, 15) is 9.90 Å². The van der Waals surface area contributed by atoms with Crippen LogP contribution in [0.1, 0.15) is 43.9 Å². The summed E-state index contributed by atoms with van der Waals surface area (Å²) in [7, 11) is 0. The Kier molecular flexibility index (Phi) is 5.39. The number of nitrogens with zero attached hydrogens (tertiary/aromatic N) is 1. The fourth-order valence-electron chi connectivity index (χ4n) is 4.02. The largest absolute Gasteiger partial charge is 0.392 e. The maximum atomic E-state index is 12.4. The molecule has 1 N–H and O–H groups in total. The van der Waals surface area contributed by atoms with Crippen LogP contribution in [-0.2, 0) is 16.0 Å². The number of likely N-dealkylation sites (tertiary alicyclic amines) is 1. The number of carbonyl (C=O) groups excluding carboxylic acids is 1. The van der Waals surface area contributed by atoms with E-state index in [1.807, 2.05) is 11.8 Å². The third-order valence-electron chi connectivity index (χ3n) is 5.55. The van der Waals surface area contributed by atoms with Crippen LogP contribution in [0.5, 0.6) is 0 Å². The second-order valence-electron chi connectivity index (χ2n) is 6.74. The standard InChI is InChI=1S/C18H27NO3S/c1-2-22-16-13-15(20)18(16)8-10-19(11-9-18)17(21)7-3-5-14-6-4-12-23-14/h4,6,12,15-16,20H,2-3,5,7-11,13H2,1H3. The minimum atomic E-state index is -0.255. The van der Waals surface area contributed by atoms with Crippen LogP contribution in [0, 0.1) is 5.41 Å². The molecule has 1 saturated carbocycles. The van der Waals surface area contributed by atoms with Gasteiger partial charge in [-0.3, -0.25) is 4.79 Å². The summed E-state index contributed by atoms with van der Waals surface area (Å²) in [6.07, 6.45) is 4.96. The van der Waals surface area contributed by atoms with Gasteiger partial charge in [0.1, 0.15) is 0 Å². The van der Waals surface area contributed by atoms with Crippen LogP contribution in [0.2, 0.25) is 0 Å². The van der Waals surface area contributed by atoms with Crippen LogP contribution in [0.3, 0.4) is 0 Å². The highest BCUT2D eigenvalue weighted by Gasteiger charge is 2.56. The molecule has 4 nitrogen and oxygen atoms in total. The van der Waals surface area contributed by atoms with Crippen LogP contribution in [-0.4, -0.2) is 47.8 Å². The predicted molar refractivity (Wildman–Crippen MR) is 91.5 cm³/mol. The van der Waals surface area contributed by atoms with Gasteiger partial charge in [0, 0.05) is 42.8 Å². The number of carbonyl (C=O) groups is 1. The van der Waals surface area contributed by atoms with Crippen LogP contribution < -0.4 is 0 Å². The van der Waals surface area contributed by atoms with Gasteiger partial charge in [-0.25, -0.2) is 0 Å². The van der Waals surface area contributed by atoms with Crippen molar-refractivity contribution in [2.24, 2.45) is 5.41 Å². The van der Waals surface area contributed by atoms with Gasteiger partial charge in [-0.1, -0.05) is 6.07 Å². The Hall–Kier alpha value is -0.910. The fourth-order valence-corrected chi connectivity index (χ4v) is 4.77. The molecule has 1 aromatic rings. The first-order chi connectivity index (χ1) is 11.2. The maximum absolute atomic E-state index is 12.4. The third kappa shape index (κ3) is 3.47. The fraction of sp³-hybridized carbons (Fsp3) is 0.722. The summed E-state index contributed by atoms with van der Waals surface area (Å²) in [6, 6.07) is 4.19. The Morgan fingerprint density at radius 3 is 2.87 bits per heavy atom. The molecular formula is C18H27NO3S. The van der Waals surface area contributed by atoms with E-state index in [2.05, 4.69) is 17.5 Å². The van der Waals surface area contributed by atoms with Gasteiger partial charge in [0.15, 0.2) is 0 Å². The number of ether oxygens (including phenoxy) is 1. The van der Waals surface area contributed by atoms with Crippen molar-refractivity contribution in [2.45, 2.75) is 57.7 Å². The molecule has 23 heavy (non-hydrogen) atoms. The molecule has 2 heterocycles. The normalized spacial score (nSPS) is 26.3. The van der Waals surface area contributed by atoms with E-state index >= 15 is 0 Å². The molecule has 0 aromatic carbocycles. The molecule has 1 spiro atoms. The van der Waals surface area contributed by atoms with E-state index in [1.54, 1.807) is 11.3 Å². The first kappa shape index (κ1) is 16.9. The zero-order valence-electron chi connectivity index (χ0n) is 13.9. The second kappa shape index (κ2) is 7.32. The van der Waals surface area contributed by atoms with Gasteiger partial charge in [-0.05, 0) is 44.1 Å².